The molecular weight excluding hydrogens is 248 g/mol. The van der Waals surface area contributed by atoms with E-state index in [0.717, 1.165) is 44.1 Å². The van der Waals surface area contributed by atoms with Gasteiger partial charge in [0, 0.05) is 24.7 Å². The monoisotopic (exact) mass is 282 g/mol. The first-order chi connectivity index (χ1) is 9.44. The molecule has 0 spiro atoms. The van der Waals surface area contributed by atoms with Gasteiger partial charge in [0.15, 0.2) is 0 Å². The van der Waals surface area contributed by atoms with Gasteiger partial charge >= 0.3 is 0 Å². The molecule has 2 fully saturated rings. The number of hydrogen-bond donors (Lipinski definition) is 1. The second kappa shape index (κ2) is 6.76. The number of nitrogens with zero attached hydrogens (tertiary/aromatic N) is 1. The fourth-order valence-electron chi connectivity index (χ4n) is 4.20. The molecule has 0 bridgehead atoms. The van der Waals surface area contributed by atoms with Crippen molar-refractivity contribution in [3.63, 3.8) is 0 Å². The first-order valence-electron chi connectivity index (χ1n) is 8.50. The molecule has 1 saturated carbocycles. The summed E-state index contributed by atoms with van der Waals surface area (Å²) < 4.78 is 5.67. The zero-order valence-corrected chi connectivity index (χ0v) is 14.1. The lowest BCUT2D eigenvalue weighted by atomic mass is 9.71. The van der Waals surface area contributed by atoms with E-state index in [0.29, 0.717) is 6.04 Å². The minimum atomic E-state index is 0.192. The van der Waals surface area contributed by atoms with E-state index in [1.54, 1.807) is 0 Å². The van der Waals surface area contributed by atoms with Crippen molar-refractivity contribution >= 4 is 0 Å². The highest BCUT2D eigenvalue weighted by molar-refractivity contribution is 4.93. The summed E-state index contributed by atoms with van der Waals surface area (Å²) in [5.41, 5.74) is 0.192. The fraction of sp³-hybridized carbons (Fsp3) is 1.00. The topological polar surface area (TPSA) is 24.5 Å². The highest BCUT2D eigenvalue weighted by Gasteiger charge is 2.38. The predicted molar refractivity (Wildman–Crippen MR) is 85.0 cm³/mol. The Balaban J connectivity index is 2.03. The van der Waals surface area contributed by atoms with Gasteiger partial charge in [-0.25, -0.2) is 0 Å². The van der Waals surface area contributed by atoms with Gasteiger partial charge in [-0.15, -0.1) is 0 Å². The first kappa shape index (κ1) is 16.3. The third-order valence-electron chi connectivity index (χ3n) is 5.39. The van der Waals surface area contributed by atoms with Gasteiger partial charge in [0.05, 0.1) is 13.2 Å². The van der Waals surface area contributed by atoms with Gasteiger partial charge in [0.2, 0.25) is 0 Å². The van der Waals surface area contributed by atoms with Crippen molar-refractivity contribution < 1.29 is 4.74 Å². The molecule has 3 nitrogen and oxygen atoms in total. The molecule has 118 valence electrons. The maximum absolute atomic E-state index is 5.67. The molecule has 4 unspecified atom stereocenters. The second-order valence-electron chi connectivity index (χ2n) is 7.69. The van der Waals surface area contributed by atoms with Gasteiger partial charge in [-0.2, -0.15) is 0 Å². The Morgan fingerprint density at radius 3 is 2.65 bits per heavy atom. The zero-order chi connectivity index (χ0) is 14.8. The normalized spacial score (nSPS) is 38.9. The number of rotatable bonds is 4. The van der Waals surface area contributed by atoms with Crippen LogP contribution in [0.3, 0.4) is 0 Å². The molecule has 1 aliphatic carbocycles. The number of ether oxygens (including phenoxy) is 1. The Kier molecular flexibility index (Phi) is 5.49. The van der Waals surface area contributed by atoms with Gasteiger partial charge in [0.25, 0.3) is 0 Å². The summed E-state index contributed by atoms with van der Waals surface area (Å²) in [6, 6.07) is 0.692. The Bertz CT molecular complexity index is 305. The third kappa shape index (κ3) is 3.75. The summed E-state index contributed by atoms with van der Waals surface area (Å²) in [6.45, 7) is 16.9. The largest absolute Gasteiger partial charge is 0.378 e. The van der Waals surface area contributed by atoms with Crippen LogP contribution in [0.2, 0.25) is 0 Å². The molecule has 2 rings (SSSR count). The molecular formula is C17H34N2O. The molecule has 0 aromatic rings. The average molecular weight is 282 g/mol. The van der Waals surface area contributed by atoms with E-state index < -0.39 is 0 Å². The van der Waals surface area contributed by atoms with E-state index in [1.165, 1.54) is 19.4 Å². The predicted octanol–water partition coefficient (Wildman–Crippen LogP) is 2.76. The standard InChI is InChI=1S/C17H34N2O/c1-6-18-16-10-13(2)9-14(3)15(16)11-19-7-8-20-12-17(19,4)5/h13-16,18H,6-12H2,1-5H3. The summed E-state index contributed by atoms with van der Waals surface area (Å²) in [6.07, 6.45) is 2.73. The molecule has 1 heterocycles. The lowest BCUT2D eigenvalue weighted by Gasteiger charge is -2.48. The van der Waals surface area contributed by atoms with Gasteiger partial charge in [-0.3, -0.25) is 4.90 Å². The summed E-state index contributed by atoms with van der Waals surface area (Å²) in [4.78, 5) is 2.66. The first-order valence-corrected chi connectivity index (χ1v) is 8.50. The third-order valence-corrected chi connectivity index (χ3v) is 5.39. The van der Waals surface area contributed by atoms with Crippen LogP contribution < -0.4 is 5.32 Å². The molecule has 1 N–H and O–H groups in total. The van der Waals surface area contributed by atoms with E-state index in [1.807, 2.05) is 0 Å². The van der Waals surface area contributed by atoms with Gasteiger partial charge in [-0.1, -0.05) is 20.8 Å². The molecule has 2 aliphatic rings. The fourth-order valence-corrected chi connectivity index (χ4v) is 4.20. The number of morpholine rings is 1. The molecule has 20 heavy (non-hydrogen) atoms. The highest BCUT2D eigenvalue weighted by atomic mass is 16.5. The van der Waals surface area contributed by atoms with Crippen molar-refractivity contribution in [1.29, 1.82) is 0 Å². The SMILES string of the molecule is CCNC1CC(C)CC(C)C1CN1CCOCC1(C)C. The summed E-state index contributed by atoms with van der Waals surface area (Å²) >= 11 is 0. The quantitative estimate of drug-likeness (QED) is 0.858. The second-order valence-corrected chi connectivity index (χ2v) is 7.69. The van der Waals surface area contributed by atoms with Crippen LogP contribution in [0.4, 0.5) is 0 Å². The summed E-state index contributed by atoms with van der Waals surface area (Å²) in [7, 11) is 0. The minimum Gasteiger partial charge on any atom is -0.378 e. The molecule has 3 heteroatoms. The Labute approximate surface area is 125 Å². The van der Waals surface area contributed by atoms with Gasteiger partial charge < -0.3 is 10.1 Å². The van der Waals surface area contributed by atoms with E-state index >= 15 is 0 Å². The summed E-state index contributed by atoms with van der Waals surface area (Å²) in [5.74, 6) is 2.47. The molecule has 4 atom stereocenters. The summed E-state index contributed by atoms with van der Waals surface area (Å²) in [5, 5.41) is 3.75. The molecule has 0 radical (unpaired) electrons. The molecule has 0 aromatic heterocycles. The van der Waals surface area contributed by atoms with E-state index in [9.17, 15) is 0 Å². The number of nitrogens with one attached hydrogen (secondary N) is 1. The van der Waals surface area contributed by atoms with Crippen LogP contribution >= 0.6 is 0 Å². The van der Waals surface area contributed by atoms with Crippen LogP contribution in [-0.4, -0.2) is 49.3 Å². The highest BCUT2D eigenvalue weighted by Crippen LogP contribution is 2.35. The van der Waals surface area contributed by atoms with Crippen molar-refractivity contribution in [3.05, 3.63) is 0 Å². The van der Waals surface area contributed by atoms with Crippen LogP contribution in [0.15, 0.2) is 0 Å². The van der Waals surface area contributed by atoms with Crippen molar-refractivity contribution in [2.24, 2.45) is 17.8 Å². The lowest BCUT2D eigenvalue weighted by molar-refractivity contribution is -0.0663. The maximum Gasteiger partial charge on any atom is 0.0645 e. The van der Waals surface area contributed by atoms with Crippen LogP contribution in [0.1, 0.15) is 47.5 Å². The molecule has 1 saturated heterocycles. The average Bonchev–Trinajstić information content (AvgIpc) is 2.35. The van der Waals surface area contributed by atoms with E-state index in [2.05, 4.69) is 44.8 Å². The molecule has 1 aliphatic heterocycles. The van der Waals surface area contributed by atoms with Crippen LogP contribution in [0.25, 0.3) is 0 Å². The Hall–Kier alpha value is -0.120. The van der Waals surface area contributed by atoms with Crippen LogP contribution in [0.5, 0.6) is 0 Å². The minimum absolute atomic E-state index is 0.192. The molecule has 0 aromatic carbocycles. The van der Waals surface area contributed by atoms with Crippen LogP contribution in [0, 0.1) is 17.8 Å². The lowest BCUT2D eigenvalue weighted by Crippen LogP contribution is -2.57. The van der Waals surface area contributed by atoms with E-state index in [4.69, 9.17) is 4.74 Å². The maximum atomic E-state index is 5.67. The van der Waals surface area contributed by atoms with E-state index in [-0.39, 0.29) is 5.54 Å². The van der Waals surface area contributed by atoms with Crippen molar-refractivity contribution in [3.8, 4) is 0 Å². The zero-order valence-electron chi connectivity index (χ0n) is 14.1. The van der Waals surface area contributed by atoms with Crippen LogP contribution in [-0.2, 0) is 4.74 Å². The number of hydrogen-bond acceptors (Lipinski definition) is 3. The van der Waals surface area contributed by atoms with Gasteiger partial charge in [-0.05, 0) is 51.0 Å². The Morgan fingerprint density at radius 1 is 1.25 bits per heavy atom. The van der Waals surface area contributed by atoms with Crippen molar-refractivity contribution in [2.75, 3.05) is 32.8 Å². The van der Waals surface area contributed by atoms with Crippen molar-refractivity contribution in [2.45, 2.75) is 59.0 Å². The molecule has 0 amide bonds. The van der Waals surface area contributed by atoms with Gasteiger partial charge in [0.1, 0.15) is 0 Å². The van der Waals surface area contributed by atoms with Crippen molar-refractivity contribution in [1.82, 2.24) is 10.2 Å². The smallest absolute Gasteiger partial charge is 0.0645 e. The Morgan fingerprint density at radius 2 is 2.00 bits per heavy atom.